The first-order valence-electron chi connectivity index (χ1n) is 9.80. The molecule has 0 saturated heterocycles. The minimum atomic E-state index is -3.29. The molecular formula is C22H27N3O3S. The number of hydrogen-bond donors (Lipinski definition) is 1. The van der Waals surface area contributed by atoms with Crippen LogP contribution in [-0.4, -0.2) is 36.5 Å². The van der Waals surface area contributed by atoms with Crippen molar-refractivity contribution in [2.24, 2.45) is 0 Å². The highest BCUT2D eigenvalue weighted by Crippen LogP contribution is 2.25. The highest BCUT2D eigenvalue weighted by molar-refractivity contribution is 7.89. The fraction of sp³-hybridized carbons (Fsp3) is 0.364. The molecule has 0 atom stereocenters. The Morgan fingerprint density at radius 2 is 2.03 bits per heavy atom. The number of carbonyl (C=O) groups is 1. The molecule has 0 bridgehead atoms. The smallest absolute Gasteiger partial charge is 0.254 e. The van der Waals surface area contributed by atoms with Crippen molar-refractivity contribution in [3.63, 3.8) is 0 Å². The number of pyridine rings is 1. The van der Waals surface area contributed by atoms with Gasteiger partial charge in [0.25, 0.3) is 5.91 Å². The monoisotopic (exact) mass is 413 g/mol. The van der Waals surface area contributed by atoms with Crippen LogP contribution in [0.5, 0.6) is 0 Å². The fourth-order valence-electron chi connectivity index (χ4n) is 3.60. The lowest BCUT2D eigenvalue weighted by Gasteiger charge is -2.30. The summed E-state index contributed by atoms with van der Waals surface area (Å²) in [5.74, 6) is 0.0959. The highest BCUT2D eigenvalue weighted by Gasteiger charge is 2.25. The number of aromatic nitrogens is 1. The maximum atomic E-state index is 12.9. The predicted molar refractivity (Wildman–Crippen MR) is 115 cm³/mol. The van der Waals surface area contributed by atoms with E-state index < -0.39 is 10.0 Å². The first-order valence-corrected chi connectivity index (χ1v) is 11.4. The average Bonchev–Trinajstić information content (AvgIpc) is 2.72. The summed E-state index contributed by atoms with van der Waals surface area (Å²) in [5, 5.41) is 0. The summed E-state index contributed by atoms with van der Waals surface area (Å²) in [4.78, 5) is 19.1. The molecule has 1 aromatic carbocycles. The van der Waals surface area contributed by atoms with Crippen molar-refractivity contribution < 1.29 is 13.2 Å². The number of hydrogen-bond acceptors (Lipinski definition) is 4. The van der Waals surface area contributed by atoms with Crippen molar-refractivity contribution in [1.29, 1.82) is 0 Å². The van der Waals surface area contributed by atoms with Crippen LogP contribution in [0.4, 0.5) is 0 Å². The Morgan fingerprint density at radius 1 is 1.31 bits per heavy atom. The van der Waals surface area contributed by atoms with Gasteiger partial charge in [-0.1, -0.05) is 31.7 Å². The summed E-state index contributed by atoms with van der Waals surface area (Å²) in [7, 11) is -3.29. The van der Waals surface area contributed by atoms with Crippen molar-refractivity contribution in [3.05, 3.63) is 70.6 Å². The van der Waals surface area contributed by atoms with Crippen LogP contribution >= 0.6 is 0 Å². The SMILES string of the molecule is C=Cc1ccc(C(=O)N2CCc3c(cnc(C)c3CNS(=O)(=O)CCC)C2)cc1. The largest absolute Gasteiger partial charge is 0.334 e. The molecule has 1 amide bonds. The molecule has 7 heteroatoms. The van der Waals surface area contributed by atoms with Gasteiger partial charge in [0.15, 0.2) is 0 Å². The maximum absolute atomic E-state index is 12.9. The van der Waals surface area contributed by atoms with Gasteiger partial charge in [-0.05, 0) is 54.2 Å². The van der Waals surface area contributed by atoms with Gasteiger partial charge in [0.05, 0.1) is 5.75 Å². The third-order valence-electron chi connectivity index (χ3n) is 5.22. The van der Waals surface area contributed by atoms with Crippen molar-refractivity contribution in [3.8, 4) is 0 Å². The highest BCUT2D eigenvalue weighted by atomic mass is 32.2. The van der Waals surface area contributed by atoms with Crippen LogP contribution in [0.1, 0.15) is 51.7 Å². The van der Waals surface area contributed by atoms with Gasteiger partial charge in [-0.3, -0.25) is 9.78 Å². The normalized spacial score (nSPS) is 13.8. The van der Waals surface area contributed by atoms with Crippen LogP contribution in [0.25, 0.3) is 6.08 Å². The molecule has 0 aliphatic carbocycles. The molecule has 29 heavy (non-hydrogen) atoms. The number of aryl methyl sites for hydroxylation is 1. The Kier molecular flexibility index (Phi) is 6.49. The first-order chi connectivity index (χ1) is 13.8. The zero-order valence-electron chi connectivity index (χ0n) is 16.9. The molecule has 2 heterocycles. The van der Waals surface area contributed by atoms with E-state index in [1.807, 2.05) is 43.0 Å². The minimum Gasteiger partial charge on any atom is -0.334 e. The molecule has 6 nitrogen and oxygen atoms in total. The summed E-state index contributed by atoms with van der Waals surface area (Å²) in [6.45, 7) is 8.76. The second kappa shape index (κ2) is 8.88. The Balaban J connectivity index is 1.78. The topological polar surface area (TPSA) is 79.4 Å². The number of sulfonamides is 1. The second-order valence-corrected chi connectivity index (χ2v) is 9.20. The molecule has 0 fully saturated rings. The van der Waals surface area contributed by atoms with Crippen molar-refractivity contribution in [2.75, 3.05) is 12.3 Å². The minimum absolute atomic E-state index is 0.0166. The van der Waals surface area contributed by atoms with E-state index in [4.69, 9.17) is 0 Å². The van der Waals surface area contributed by atoms with Crippen LogP contribution in [0.15, 0.2) is 37.0 Å². The summed E-state index contributed by atoms with van der Waals surface area (Å²) in [6, 6.07) is 7.39. The fourth-order valence-corrected chi connectivity index (χ4v) is 4.64. The molecule has 1 aliphatic rings. The predicted octanol–water partition coefficient (Wildman–Crippen LogP) is 3.06. The maximum Gasteiger partial charge on any atom is 0.254 e. The van der Waals surface area contributed by atoms with Crippen molar-refractivity contribution >= 4 is 22.0 Å². The van der Waals surface area contributed by atoms with Gasteiger partial charge < -0.3 is 4.90 Å². The molecule has 1 N–H and O–H groups in total. The molecular weight excluding hydrogens is 386 g/mol. The van der Waals surface area contributed by atoms with E-state index in [0.29, 0.717) is 31.5 Å². The molecule has 3 rings (SSSR count). The molecule has 154 valence electrons. The number of nitrogens with zero attached hydrogens (tertiary/aromatic N) is 2. The van der Waals surface area contributed by atoms with E-state index in [2.05, 4.69) is 16.3 Å². The van der Waals surface area contributed by atoms with E-state index in [-0.39, 0.29) is 18.2 Å². The quantitative estimate of drug-likeness (QED) is 0.757. The van der Waals surface area contributed by atoms with Crippen LogP contribution < -0.4 is 4.72 Å². The zero-order valence-corrected chi connectivity index (χ0v) is 17.8. The van der Waals surface area contributed by atoms with Gasteiger partial charge in [-0.2, -0.15) is 0 Å². The molecule has 0 radical (unpaired) electrons. The number of carbonyl (C=O) groups excluding carboxylic acids is 1. The summed E-state index contributed by atoms with van der Waals surface area (Å²) >= 11 is 0. The van der Waals surface area contributed by atoms with E-state index in [1.165, 1.54) is 0 Å². The van der Waals surface area contributed by atoms with Crippen molar-refractivity contribution in [2.45, 2.75) is 39.8 Å². The molecule has 1 aliphatic heterocycles. The van der Waals surface area contributed by atoms with Crippen molar-refractivity contribution in [1.82, 2.24) is 14.6 Å². The number of nitrogens with one attached hydrogen (secondary N) is 1. The van der Waals surface area contributed by atoms with Crippen LogP contribution in [0, 0.1) is 6.92 Å². The lowest BCUT2D eigenvalue weighted by molar-refractivity contribution is 0.0734. The van der Waals surface area contributed by atoms with Gasteiger partial charge in [0, 0.05) is 37.1 Å². The lowest BCUT2D eigenvalue weighted by Crippen LogP contribution is -2.37. The lowest BCUT2D eigenvalue weighted by atomic mass is 9.94. The van der Waals surface area contributed by atoms with E-state index >= 15 is 0 Å². The number of fused-ring (bicyclic) bond motifs is 1. The van der Waals surface area contributed by atoms with Gasteiger partial charge in [-0.25, -0.2) is 13.1 Å². The second-order valence-electron chi connectivity index (χ2n) is 7.27. The summed E-state index contributed by atoms with van der Waals surface area (Å²) < 4.78 is 26.8. The van der Waals surface area contributed by atoms with Gasteiger partial charge in [0.2, 0.25) is 10.0 Å². The van der Waals surface area contributed by atoms with Crippen LogP contribution in [-0.2, 0) is 29.5 Å². The standard InChI is InChI=1S/C22H27N3O3S/c1-4-12-29(27,28)24-14-21-16(3)23-13-19-15-25(11-10-20(19)21)22(26)18-8-6-17(5-2)7-9-18/h5-9,13,24H,2,4,10-12,14-15H2,1,3H3. The number of rotatable bonds is 7. The van der Waals surface area contributed by atoms with E-state index in [0.717, 1.165) is 27.9 Å². The molecule has 0 saturated carbocycles. The van der Waals surface area contributed by atoms with Crippen LogP contribution in [0.3, 0.4) is 0 Å². The van der Waals surface area contributed by atoms with Gasteiger partial charge in [-0.15, -0.1) is 0 Å². The Morgan fingerprint density at radius 3 is 2.69 bits per heavy atom. The molecule has 1 aromatic heterocycles. The van der Waals surface area contributed by atoms with E-state index in [9.17, 15) is 13.2 Å². The molecule has 0 spiro atoms. The van der Waals surface area contributed by atoms with Crippen LogP contribution in [0.2, 0.25) is 0 Å². The number of benzene rings is 1. The summed E-state index contributed by atoms with van der Waals surface area (Å²) in [5.41, 5.74) is 5.43. The third kappa shape index (κ3) is 4.92. The average molecular weight is 414 g/mol. The Bertz CT molecular complexity index is 1010. The molecule has 2 aromatic rings. The van der Waals surface area contributed by atoms with E-state index in [1.54, 1.807) is 12.3 Å². The first kappa shape index (κ1) is 21.2. The van der Waals surface area contributed by atoms with Gasteiger partial charge in [0.1, 0.15) is 0 Å². The Labute approximate surface area is 172 Å². The third-order valence-corrected chi connectivity index (χ3v) is 6.75. The van der Waals surface area contributed by atoms with Gasteiger partial charge >= 0.3 is 0 Å². The Hall–Kier alpha value is -2.51. The molecule has 0 unspecified atom stereocenters. The number of amides is 1. The zero-order chi connectivity index (χ0) is 21.0. The summed E-state index contributed by atoms with van der Waals surface area (Å²) in [6.07, 6.45) is 4.80.